The van der Waals surface area contributed by atoms with E-state index in [0.717, 1.165) is 44.3 Å². The van der Waals surface area contributed by atoms with Gasteiger partial charge in [-0.05, 0) is 93.7 Å². The van der Waals surface area contributed by atoms with Crippen LogP contribution in [-0.4, -0.2) is 28.1 Å². The number of aliphatic hydroxyl groups is 1. The summed E-state index contributed by atoms with van der Waals surface area (Å²) in [4.78, 5) is 16.1. The molecule has 220 valence electrons. The summed E-state index contributed by atoms with van der Waals surface area (Å²) in [6.07, 6.45) is 4.28. The SMILES string of the molecule is Cc1cc(C)c(CN(Cc2ccccc2C)[C@@H](C)[C@H](OC(=O)[C@@H](C)[C@@H](O)C2CCCCC2)c2ccccc2)c(C)c1. The molecule has 4 nitrogen and oxygen atoms in total. The highest BCUT2D eigenvalue weighted by Crippen LogP contribution is 2.33. The molecule has 1 N–H and O–H groups in total. The molecule has 4 atom stereocenters. The number of carbonyl (C=O) groups is 1. The molecule has 1 saturated carbocycles. The number of hydrogen-bond acceptors (Lipinski definition) is 4. The van der Waals surface area contributed by atoms with Crippen LogP contribution in [0.2, 0.25) is 0 Å². The molecule has 1 aliphatic rings. The van der Waals surface area contributed by atoms with Crippen molar-refractivity contribution in [3.8, 4) is 0 Å². The number of rotatable bonds is 11. The summed E-state index contributed by atoms with van der Waals surface area (Å²) in [6, 6.07) is 23.0. The van der Waals surface area contributed by atoms with Gasteiger partial charge in [0, 0.05) is 19.1 Å². The number of aliphatic hydroxyl groups excluding tert-OH is 1. The molecule has 0 amide bonds. The zero-order valence-corrected chi connectivity index (χ0v) is 25.9. The molecule has 3 aromatic carbocycles. The molecule has 0 heterocycles. The van der Waals surface area contributed by atoms with Crippen LogP contribution in [0.15, 0.2) is 66.7 Å². The average molecular weight is 556 g/mol. The highest BCUT2D eigenvalue weighted by atomic mass is 16.5. The number of aryl methyl sites for hydroxylation is 4. The highest BCUT2D eigenvalue weighted by Gasteiger charge is 2.35. The minimum absolute atomic E-state index is 0.111. The second kappa shape index (κ2) is 14.3. The summed E-state index contributed by atoms with van der Waals surface area (Å²) in [5, 5.41) is 11.1. The summed E-state index contributed by atoms with van der Waals surface area (Å²) in [7, 11) is 0. The maximum Gasteiger partial charge on any atom is 0.311 e. The van der Waals surface area contributed by atoms with Crippen LogP contribution in [0.1, 0.15) is 91.0 Å². The van der Waals surface area contributed by atoms with Crippen LogP contribution in [0.25, 0.3) is 0 Å². The first kappa shape index (κ1) is 31.0. The van der Waals surface area contributed by atoms with Gasteiger partial charge in [0.25, 0.3) is 0 Å². The van der Waals surface area contributed by atoms with E-state index in [1.807, 2.05) is 37.3 Å². The molecule has 0 aromatic heterocycles. The van der Waals surface area contributed by atoms with Crippen LogP contribution >= 0.6 is 0 Å². The van der Waals surface area contributed by atoms with Crippen molar-refractivity contribution in [1.29, 1.82) is 0 Å². The van der Waals surface area contributed by atoms with Gasteiger partial charge >= 0.3 is 5.97 Å². The number of benzene rings is 3. The van der Waals surface area contributed by atoms with E-state index in [1.54, 1.807) is 0 Å². The van der Waals surface area contributed by atoms with Gasteiger partial charge in [-0.25, -0.2) is 0 Å². The highest BCUT2D eigenvalue weighted by molar-refractivity contribution is 5.73. The first-order valence-corrected chi connectivity index (χ1v) is 15.4. The lowest BCUT2D eigenvalue weighted by Crippen LogP contribution is -2.41. The minimum Gasteiger partial charge on any atom is -0.456 e. The Balaban J connectivity index is 1.66. The van der Waals surface area contributed by atoms with Gasteiger partial charge in [0.1, 0.15) is 6.10 Å². The topological polar surface area (TPSA) is 49.8 Å². The van der Waals surface area contributed by atoms with Gasteiger partial charge in [-0.3, -0.25) is 9.69 Å². The minimum atomic E-state index is -0.671. The Kier molecular flexibility index (Phi) is 10.8. The normalized spacial score (nSPS) is 17.2. The zero-order valence-electron chi connectivity index (χ0n) is 25.9. The third-order valence-electron chi connectivity index (χ3n) is 9.24. The molecule has 0 bridgehead atoms. The summed E-state index contributed by atoms with van der Waals surface area (Å²) in [5.74, 6) is -0.714. The van der Waals surface area contributed by atoms with Crippen molar-refractivity contribution >= 4 is 5.97 Å². The van der Waals surface area contributed by atoms with Crippen molar-refractivity contribution in [1.82, 2.24) is 4.90 Å². The smallest absolute Gasteiger partial charge is 0.311 e. The van der Waals surface area contributed by atoms with Crippen LogP contribution in [0, 0.1) is 39.5 Å². The van der Waals surface area contributed by atoms with Crippen LogP contribution < -0.4 is 0 Å². The molecule has 0 spiro atoms. The molecule has 41 heavy (non-hydrogen) atoms. The van der Waals surface area contributed by atoms with Gasteiger partial charge in [0.15, 0.2) is 0 Å². The van der Waals surface area contributed by atoms with E-state index in [-0.39, 0.29) is 17.9 Å². The number of hydrogen-bond donors (Lipinski definition) is 1. The molecule has 0 aliphatic heterocycles. The predicted molar refractivity (Wildman–Crippen MR) is 168 cm³/mol. The molecule has 1 aliphatic carbocycles. The first-order chi connectivity index (χ1) is 19.7. The van der Waals surface area contributed by atoms with Crippen LogP contribution in [0.3, 0.4) is 0 Å². The fourth-order valence-electron chi connectivity index (χ4n) is 6.55. The Morgan fingerprint density at radius 2 is 1.46 bits per heavy atom. The van der Waals surface area contributed by atoms with E-state index in [9.17, 15) is 9.90 Å². The van der Waals surface area contributed by atoms with Crippen molar-refractivity contribution < 1.29 is 14.6 Å². The Labute approximate surface area is 247 Å². The maximum atomic E-state index is 13.7. The zero-order chi connectivity index (χ0) is 29.5. The summed E-state index contributed by atoms with van der Waals surface area (Å²) >= 11 is 0. The lowest BCUT2D eigenvalue weighted by Gasteiger charge is -2.37. The van der Waals surface area contributed by atoms with E-state index in [4.69, 9.17) is 4.74 Å². The molecule has 1 fully saturated rings. The molecular weight excluding hydrogens is 506 g/mol. The molecule has 4 rings (SSSR count). The van der Waals surface area contributed by atoms with Gasteiger partial charge in [-0.15, -0.1) is 0 Å². The average Bonchev–Trinajstić information content (AvgIpc) is 2.97. The lowest BCUT2D eigenvalue weighted by molar-refractivity contribution is -0.163. The van der Waals surface area contributed by atoms with E-state index >= 15 is 0 Å². The molecule has 0 radical (unpaired) electrons. The van der Waals surface area contributed by atoms with Crippen molar-refractivity contribution in [3.05, 3.63) is 106 Å². The number of esters is 1. The third-order valence-corrected chi connectivity index (χ3v) is 9.24. The van der Waals surface area contributed by atoms with Gasteiger partial charge in [0.2, 0.25) is 0 Å². The molecule has 3 aromatic rings. The van der Waals surface area contributed by atoms with Crippen LogP contribution in [-0.2, 0) is 22.6 Å². The standard InChI is InChI=1S/C37H49NO3/c1-25-21-27(3)34(28(4)22-25)24-38(23-33-20-14-13-15-26(33)2)30(6)36(32-18-11-8-12-19-32)41-37(40)29(5)35(39)31-16-9-7-10-17-31/h8,11-15,18-22,29-31,35-36,39H,7,9-10,16-17,23-24H2,1-6H3/t29-,30-,35+,36-/m0/s1. The Morgan fingerprint density at radius 1 is 0.854 bits per heavy atom. The summed E-state index contributed by atoms with van der Waals surface area (Å²) < 4.78 is 6.40. The second-order valence-corrected chi connectivity index (χ2v) is 12.4. The molecule has 0 saturated heterocycles. The number of nitrogens with zero attached hydrogens (tertiary/aromatic N) is 1. The van der Waals surface area contributed by atoms with E-state index in [1.165, 1.54) is 39.8 Å². The number of ether oxygens (including phenoxy) is 1. The summed E-state index contributed by atoms with van der Waals surface area (Å²) in [6.45, 7) is 14.2. The van der Waals surface area contributed by atoms with Gasteiger partial charge in [0.05, 0.1) is 12.0 Å². The predicted octanol–water partition coefficient (Wildman–Crippen LogP) is 8.17. The summed E-state index contributed by atoms with van der Waals surface area (Å²) in [5.41, 5.74) is 8.63. The first-order valence-electron chi connectivity index (χ1n) is 15.4. The van der Waals surface area contributed by atoms with E-state index in [2.05, 4.69) is 75.9 Å². The Bertz CT molecular complexity index is 1260. The van der Waals surface area contributed by atoms with Crippen molar-refractivity contribution in [2.24, 2.45) is 11.8 Å². The van der Waals surface area contributed by atoms with Crippen molar-refractivity contribution in [2.75, 3.05) is 0 Å². The van der Waals surface area contributed by atoms with Crippen LogP contribution in [0.4, 0.5) is 0 Å². The van der Waals surface area contributed by atoms with Crippen molar-refractivity contribution in [2.45, 2.75) is 105 Å². The van der Waals surface area contributed by atoms with E-state index < -0.39 is 18.1 Å². The van der Waals surface area contributed by atoms with Crippen molar-refractivity contribution in [3.63, 3.8) is 0 Å². The molecule has 0 unspecified atom stereocenters. The second-order valence-electron chi connectivity index (χ2n) is 12.4. The van der Waals surface area contributed by atoms with Gasteiger partial charge in [-0.1, -0.05) is 91.6 Å². The Hall–Kier alpha value is -2.95. The molecular formula is C37H49NO3. The monoisotopic (exact) mass is 555 g/mol. The fourth-order valence-corrected chi connectivity index (χ4v) is 6.55. The van der Waals surface area contributed by atoms with Gasteiger partial charge in [-0.2, -0.15) is 0 Å². The quantitative estimate of drug-likeness (QED) is 0.242. The third kappa shape index (κ3) is 7.87. The number of carbonyl (C=O) groups excluding carboxylic acids is 1. The van der Waals surface area contributed by atoms with Gasteiger partial charge < -0.3 is 9.84 Å². The lowest BCUT2D eigenvalue weighted by atomic mass is 9.81. The Morgan fingerprint density at radius 3 is 2.10 bits per heavy atom. The maximum absolute atomic E-state index is 13.7. The largest absolute Gasteiger partial charge is 0.456 e. The fraction of sp³-hybridized carbons (Fsp3) is 0.486. The van der Waals surface area contributed by atoms with E-state index in [0.29, 0.717) is 0 Å². The van der Waals surface area contributed by atoms with Crippen LogP contribution in [0.5, 0.6) is 0 Å². The molecule has 4 heteroatoms.